The summed E-state index contributed by atoms with van der Waals surface area (Å²) in [5, 5.41) is 5.24. The van der Waals surface area contributed by atoms with Crippen molar-refractivity contribution in [2.45, 2.75) is 53.0 Å². The first-order valence-corrected chi connectivity index (χ1v) is 11.4. The van der Waals surface area contributed by atoms with Gasteiger partial charge in [-0.3, -0.25) is 9.59 Å². The van der Waals surface area contributed by atoms with E-state index in [0.717, 1.165) is 0 Å². The highest BCUT2D eigenvalue weighted by Crippen LogP contribution is 2.39. The van der Waals surface area contributed by atoms with Crippen molar-refractivity contribution in [1.82, 2.24) is 10.2 Å². The van der Waals surface area contributed by atoms with Crippen molar-refractivity contribution in [3.05, 3.63) is 47.3 Å². The number of carbonyl (C=O) groups is 2. The van der Waals surface area contributed by atoms with Gasteiger partial charge in [-0.1, -0.05) is 44.2 Å². The Hall–Kier alpha value is -2.14. The molecule has 2 aromatic rings. The average molecular weight is 413 g/mol. The van der Waals surface area contributed by atoms with Gasteiger partial charge in [0.15, 0.2) is 0 Å². The Morgan fingerprint density at radius 2 is 1.76 bits per heavy atom. The minimum Gasteiger partial charge on any atom is -0.353 e. The van der Waals surface area contributed by atoms with E-state index in [4.69, 9.17) is 0 Å². The van der Waals surface area contributed by atoms with E-state index in [1.165, 1.54) is 16.0 Å². The van der Waals surface area contributed by atoms with Crippen LogP contribution in [0.5, 0.6) is 0 Å². The zero-order chi connectivity index (χ0) is 21.0. The number of nitrogens with one attached hydrogen (secondary N) is 1. The van der Waals surface area contributed by atoms with Gasteiger partial charge >= 0.3 is 0 Å². The molecule has 0 aliphatic carbocycles. The molecule has 1 aromatic heterocycles. The predicted octanol–water partition coefficient (Wildman–Crippen LogP) is 4.75. The second-order valence-corrected chi connectivity index (χ2v) is 9.65. The van der Waals surface area contributed by atoms with E-state index in [1.807, 2.05) is 32.6 Å². The lowest BCUT2D eigenvalue weighted by atomic mass is 9.72. The molecule has 0 spiro atoms. The van der Waals surface area contributed by atoms with Crippen LogP contribution in [-0.4, -0.2) is 35.8 Å². The minimum absolute atomic E-state index is 0.00783. The summed E-state index contributed by atoms with van der Waals surface area (Å²) in [4.78, 5) is 28.9. The number of amides is 2. The number of likely N-dealkylation sites (tertiary alicyclic amines) is 1. The molecule has 1 aliphatic heterocycles. The molecule has 0 unspecified atom stereocenters. The summed E-state index contributed by atoms with van der Waals surface area (Å²) < 4.78 is 0. The lowest BCUT2D eigenvalue weighted by Gasteiger charge is -2.42. The Bertz CT molecular complexity index is 834. The van der Waals surface area contributed by atoms with Gasteiger partial charge in [-0.05, 0) is 55.7 Å². The van der Waals surface area contributed by atoms with Gasteiger partial charge in [0.25, 0.3) is 0 Å². The summed E-state index contributed by atoms with van der Waals surface area (Å²) in [6.45, 7) is 9.17. The first-order valence-electron chi connectivity index (χ1n) is 10.5. The van der Waals surface area contributed by atoms with Crippen molar-refractivity contribution < 1.29 is 9.59 Å². The number of rotatable bonds is 6. The molecule has 2 amide bonds. The van der Waals surface area contributed by atoms with E-state index < -0.39 is 5.41 Å². The summed E-state index contributed by atoms with van der Waals surface area (Å²) >= 11 is 1.72. The standard InChI is InChI=1S/C24H32N2O2S/c1-17(2)22(27)26-13-11-24(12-14-26,23(28)25-18(3)4)16-19-8-5-6-9-20(19)21-10-7-15-29-21/h5-10,15,17-18H,11-14,16H2,1-4H3,(H,25,28). The van der Waals surface area contributed by atoms with Crippen LogP contribution in [0, 0.1) is 11.3 Å². The highest BCUT2D eigenvalue weighted by atomic mass is 32.1. The monoisotopic (exact) mass is 412 g/mol. The highest BCUT2D eigenvalue weighted by molar-refractivity contribution is 7.13. The molecule has 156 valence electrons. The summed E-state index contributed by atoms with van der Waals surface area (Å²) in [5.41, 5.74) is 1.93. The van der Waals surface area contributed by atoms with E-state index in [0.29, 0.717) is 32.4 Å². The molecular weight excluding hydrogens is 380 g/mol. The lowest BCUT2D eigenvalue weighted by molar-refractivity contribution is -0.142. The first kappa shape index (κ1) is 21.6. The molecule has 5 heteroatoms. The second-order valence-electron chi connectivity index (χ2n) is 8.70. The number of benzene rings is 1. The van der Waals surface area contributed by atoms with Crippen molar-refractivity contribution in [2.75, 3.05) is 13.1 Å². The van der Waals surface area contributed by atoms with Gasteiger partial charge in [-0.2, -0.15) is 0 Å². The fourth-order valence-electron chi connectivity index (χ4n) is 4.13. The van der Waals surface area contributed by atoms with E-state index in [1.54, 1.807) is 11.3 Å². The molecule has 0 saturated carbocycles. The van der Waals surface area contributed by atoms with Gasteiger partial charge in [0.2, 0.25) is 11.8 Å². The second kappa shape index (κ2) is 9.12. The van der Waals surface area contributed by atoms with Gasteiger partial charge in [0.1, 0.15) is 0 Å². The number of carbonyl (C=O) groups excluding carboxylic acids is 2. The third-order valence-corrected chi connectivity index (χ3v) is 6.66. The minimum atomic E-state index is -0.481. The van der Waals surface area contributed by atoms with Crippen molar-refractivity contribution >= 4 is 23.2 Å². The van der Waals surface area contributed by atoms with Crippen molar-refractivity contribution in [1.29, 1.82) is 0 Å². The Kier molecular flexibility index (Phi) is 6.78. The molecule has 1 saturated heterocycles. The van der Waals surface area contributed by atoms with E-state index in [2.05, 4.69) is 47.1 Å². The maximum atomic E-state index is 13.3. The number of nitrogens with zero attached hydrogens (tertiary/aromatic N) is 1. The number of piperidine rings is 1. The summed E-state index contributed by atoms with van der Waals surface area (Å²) in [7, 11) is 0. The highest BCUT2D eigenvalue weighted by Gasteiger charge is 2.43. The Balaban J connectivity index is 1.89. The maximum Gasteiger partial charge on any atom is 0.226 e. The summed E-state index contributed by atoms with van der Waals surface area (Å²) in [5.74, 6) is 0.290. The maximum absolute atomic E-state index is 13.3. The van der Waals surface area contributed by atoms with E-state index in [-0.39, 0.29) is 23.8 Å². The number of hydrogen-bond acceptors (Lipinski definition) is 3. The third-order valence-electron chi connectivity index (χ3n) is 5.76. The SMILES string of the molecule is CC(C)NC(=O)C1(Cc2ccccc2-c2cccs2)CCN(C(=O)C(C)C)CC1. The van der Waals surface area contributed by atoms with Crippen molar-refractivity contribution in [2.24, 2.45) is 11.3 Å². The van der Waals surface area contributed by atoms with Gasteiger partial charge in [-0.25, -0.2) is 0 Å². The molecule has 0 atom stereocenters. The topological polar surface area (TPSA) is 49.4 Å². The summed E-state index contributed by atoms with van der Waals surface area (Å²) in [6, 6.07) is 12.7. The fourth-order valence-corrected chi connectivity index (χ4v) is 4.92. The van der Waals surface area contributed by atoms with Crippen LogP contribution in [0.1, 0.15) is 46.1 Å². The quantitative estimate of drug-likeness (QED) is 0.744. The molecule has 1 aliphatic rings. The molecule has 2 heterocycles. The Labute approximate surface area is 178 Å². The van der Waals surface area contributed by atoms with E-state index >= 15 is 0 Å². The van der Waals surface area contributed by atoms with Gasteiger partial charge in [0, 0.05) is 29.9 Å². The number of thiophene rings is 1. The predicted molar refractivity (Wildman–Crippen MR) is 120 cm³/mol. The molecule has 0 radical (unpaired) electrons. The van der Waals surface area contributed by atoms with Crippen LogP contribution < -0.4 is 5.32 Å². The zero-order valence-corrected chi connectivity index (χ0v) is 18.7. The van der Waals surface area contributed by atoms with Gasteiger partial charge in [-0.15, -0.1) is 11.3 Å². The molecule has 4 nitrogen and oxygen atoms in total. The third kappa shape index (κ3) is 4.89. The molecule has 29 heavy (non-hydrogen) atoms. The molecule has 3 rings (SSSR count). The molecule has 1 N–H and O–H groups in total. The van der Waals surface area contributed by atoms with Crippen LogP contribution in [0.25, 0.3) is 10.4 Å². The largest absolute Gasteiger partial charge is 0.353 e. The van der Waals surface area contributed by atoms with Crippen LogP contribution in [0.4, 0.5) is 0 Å². The van der Waals surface area contributed by atoms with Crippen LogP contribution in [0.2, 0.25) is 0 Å². The molecule has 1 fully saturated rings. The van der Waals surface area contributed by atoms with E-state index in [9.17, 15) is 9.59 Å². The first-order chi connectivity index (χ1) is 13.8. The van der Waals surface area contributed by atoms with Crippen molar-refractivity contribution in [3.63, 3.8) is 0 Å². The lowest BCUT2D eigenvalue weighted by Crippen LogP contribution is -2.53. The van der Waals surface area contributed by atoms with Gasteiger partial charge in [0.05, 0.1) is 5.41 Å². The van der Waals surface area contributed by atoms with Crippen molar-refractivity contribution in [3.8, 4) is 10.4 Å². The van der Waals surface area contributed by atoms with Crippen LogP contribution in [0.15, 0.2) is 41.8 Å². The van der Waals surface area contributed by atoms with Crippen LogP contribution in [-0.2, 0) is 16.0 Å². The smallest absolute Gasteiger partial charge is 0.226 e. The zero-order valence-electron chi connectivity index (χ0n) is 17.9. The Morgan fingerprint density at radius 1 is 1.07 bits per heavy atom. The van der Waals surface area contributed by atoms with Crippen LogP contribution >= 0.6 is 11.3 Å². The Morgan fingerprint density at radius 3 is 2.34 bits per heavy atom. The average Bonchev–Trinajstić information content (AvgIpc) is 3.22. The fraction of sp³-hybridized carbons (Fsp3) is 0.500. The molecule has 1 aromatic carbocycles. The normalized spacial score (nSPS) is 16.3. The van der Waals surface area contributed by atoms with Gasteiger partial charge < -0.3 is 10.2 Å². The summed E-state index contributed by atoms with van der Waals surface area (Å²) in [6.07, 6.45) is 2.09. The number of hydrogen-bond donors (Lipinski definition) is 1. The molecule has 0 bridgehead atoms. The molecular formula is C24H32N2O2S. The van der Waals surface area contributed by atoms with Crippen LogP contribution in [0.3, 0.4) is 0 Å².